The van der Waals surface area contributed by atoms with Gasteiger partial charge in [0.25, 0.3) is 0 Å². The van der Waals surface area contributed by atoms with Crippen molar-refractivity contribution in [1.82, 2.24) is 4.90 Å². The van der Waals surface area contributed by atoms with Crippen LogP contribution in [0.25, 0.3) is 0 Å². The number of carbonyl (C=O) groups excluding carboxylic acids is 1. The molecule has 4 rings (SSSR count). The van der Waals surface area contributed by atoms with Crippen LogP contribution in [0.5, 0.6) is 0 Å². The number of ketones is 1. The highest BCUT2D eigenvalue weighted by molar-refractivity contribution is 7.94. The number of hydrogen-bond acceptors (Lipinski definition) is 4. The summed E-state index contributed by atoms with van der Waals surface area (Å²) in [5, 5.41) is 1.31. The molecule has 0 amide bonds. The predicted molar refractivity (Wildman–Crippen MR) is 117 cm³/mol. The van der Waals surface area contributed by atoms with Gasteiger partial charge < -0.3 is 0 Å². The van der Waals surface area contributed by atoms with Crippen molar-refractivity contribution in [3.63, 3.8) is 0 Å². The van der Waals surface area contributed by atoms with Crippen LogP contribution in [0.15, 0.2) is 17.6 Å². The highest BCUT2D eigenvalue weighted by Crippen LogP contribution is 2.35. The molecule has 158 valence electrons. The lowest BCUT2D eigenvalue weighted by atomic mass is 9.91. The van der Waals surface area contributed by atoms with E-state index in [1.807, 2.05) is 6.08 Å². The smallest absolute Gasteiger partial charge is 0.178 e. The third-order valence-electron chi connectivity index (χ3n) is 6.77. The monoisotopic (exact) mass is 415 g/mol. The number of rotatable bonds is 8. The van der Waals surface area contributed by atoms with Gasteiger partial charge in [-0.1, -0.05) is 19.1 Å². The van der Waals surface area contributed by atoms with Gasteiger partial charge in [-0.2, -0.15) is 0 Å². The van der Waals surface area contributed by atoms with Gasteiger partial charge >= 0.3 is 0 Å². The Balaban J connectivity index is 1.44. The molecule has 0 saturated carbocycles. The normalized spacial score (nSPS) is 21.8. The number of benzene rings is 1. The Morgan fingerprint density at radius 2 is 1.79 bits per heavy atom. The lowest BCUT2D eigenvalue weighted by Crippen LogP contribution is -2.28. The van der Waals surface area contributed by atoms with Crippen molar-refractivity contribution in [2.24, 2.45) is 0 Å². The van der Waals surface area contributed by atoms with E-state index in [4.69, 9.17) is 0 Å². The zero-order chi connectivity index (χ0) is 20.4. The van der Waals surface area contributed by atoms with E-state index in [0.717, 1.165) is 70.9 Å². The Morgan fingerprint density at radius 3 is 2.45 bits per heavy atom. The molecule has 1 aromatic rings. The molecule has 1 aliphatic heterocycles. The van der Waals surface area contributed by atoms with E-state index in [9.17, 15) is 13.2 Å². The molecule has 1 atom stereocenters. The molecule has 3 aliphatic rings. The second kappa shape index (κ2) is 8.73. The second-order valence-corrected chi connectivity index (χ2v) is 10.8. The molecule has 29 heavy (non-hydrogen) atoms. The SMILES string of the molecule is CCCN1CCC[C@@H]1/C=C/S(=O)(=O)CC(=O)Cc1c2c(cc3c1CCC3)CCC2. The minimum atomic E-state index is -3.51. The maximum absolute atomic E-state index is 12.8. The summed E-state index contributed by atoms with van der Waals surface area (Å²) in [6.45, 7) is 4.18. The molecule has 1 aromatic carbocycles. The van der Waals surface area contributed by atoms with Gasteiger partial charge in [0.05, 0.1) is 0 Å². The van der Waals surface area contributed by atoms with Crippen molar-refractivity contribution in [2.75, 3.05) is 18.8 Å². The summed E-state index contributed by atoms with van der Waals surface area (Å²) in [6.07, 6.45) is 11.8. The van der Waals surface area contributed by atoms with Gasteiger partial charge in [-0.05, 0) is 98.7 Å². The van der Waals surface area contributed by atoms with Gasteiger partial charge in [-0.25, -0.2) is 8.42 Å². The summed E-state index contributed by atoms with van der Waals surface area (Å²) in [5.41, 5.74) is 6.64. The third kappa shape index (κ3) is 4.66. The summed E-state index contributed by atoms with van der Waals surface area (Å²) in [7, 11) is -3.51. The lowest BCUT2D eigenvalue weighted by molar-refractivity contribution is -0.116. The number of hydrogen-bond donors (Lipinski definition) is 0. The largest absolute Gasteiger partial charge is 0.298 e. The molecule has 1 saturated heterocycles. The van der Waals surface area contributed by atoms with Crippen LogP contribution in [0, 0.1) is 0 Å². The van der Waals surface area contributed by atoms with Gasteiger partial charge in [0.2, 0.25) is 0 Å². The first-order valence-corrected chi connectivity index (χ1v) is 13.0. The molecule has 0 aromatic heterocycles. The number of fused-ring (bicyclic) bond motifs is 2. The van der Waals surface area contributed by atoms with E-state index in [1.54, 1.807) is 0 Å². The van der Waals surface area contributed by atoms with Crippen molar-refractivity contribution >= 4 is 15.6 Å². The van der Waals surface area contributed by atoms with Gasteiger partial charge in [-0.15, -0.1) is 0 Å². The van der Waals surface area contributed by atoms with Crippen LogP contribution in [-0.4, -0.2) is 44.0 Å². The van der Waals surface area contributed by atoms with E-state index in [2.05, 4.69) is 17.9 Å². The van der Waals surface area contributed by atoms with Crippen molar-refractivity contribution in [3.8, 4) is 0 Å². The van der Waals surface area contributed by atoms with Gasteiger partial charge in [0.15, 0.2) is 15.6 Å². The first-order valence-electron chi connectivity index (χ1n) is 11.3. The molecule has 0 radical (unpaired) electrons. The van der Waals surface area contributed by atoms with Crippen molar-refractivity contribution in [2.45, 2.75) is 77.2 Å². The Hall–Kier alpha value is -1.46. The zero-order valence-corrected chi connectivity index (χ0v) is 18.4. The van der Waals surface area contributed by atoms with E-state index >= 15 is 0 Å². The van der Waals surface area contributed by atoms with Crippen LogP contribution in [0.1, 0.15) is 66.8 Å². The maximum atomic E-state index is 12.8. The number of sulfone groups is 1. The van der Waals surface area contributed by atoms with Crippen molar-refractivity contribution in [1.29, 1.82) is 0 Å². The summed E-state index contributed by atoms with van der Waals surface area (Å²) in [4.78, 5) is 15.1. The fourth-order valence-electron chi connectivity index (χ4n) is 5.51. The summed E-state index contributed by atoms with van der Waals surface area (Å²) < 4.78 is 25.2. The first-order chi connectivity index (χ1) is 14.0. The molecule has 1 fully saturated rings. The van der Waals surface area contributed by atoms with E-state index in [-0.39, 0.29) is 24.0 Å². The molecule has 2 aliphatic carbocycles. The number of aryl methyl sites for hydroxylation is 2. The van der Waals surface area contributed by atoms with Crippen molar-refractivity contribution < 1.29 is 13.2 Å². The standard InChI is InChI=1S/C24H33NO3S/c1-2-12-25-13-5-8-20(25)11-14-29(27,28)17-21(26)16-24-22-9-3-6-18(22)15-19-7-4-10-23(19)24/h11,14-15,20H,2-10,12-13,16-17H2,1H3/b14-11+/t20-/m1/s1. The fourth-order valence-corrected chi connectivity index (χ4v) is 6.58. The van der Waals surface area contributed by atoms with E-state index in [0.29, 0.717) is 0 Å². The van der Waals surface area contributed by atoms with E-state index < -0.39 is 9.84 Å². The molecule has 5 heteroatoms. The third-order valence-corrected chi connectivity index (χ3v) is 8.06. The molecule has 0 unspecified atom stereocenters. The van der Waals surface area contributed by atoms with Gasteiger partial charge in [0.1, 0.15) is 5.75 Å². The van der Waals surface area contributed by atoms with Crippen LogP contribution in [-0.2, 0) is 46.7 Å². The highest BCUT2D eigenvalue weighted by atomic mass is 32.2. The summed E-state index contributed by atoms with van der Waals surface area (Å²) >= 11 is 0. The minimum absolute atomic E-state index is 0.166. The lowest BCUT2D eigenvalue weighted by Gasteiger charge is -2.20. The number of Topliss-reactive ketones (excluding diaryl/α,β-unsaturated/α-hetero) is 1. The molecular formula is C24H33NO3S. The highest BCUT2D eigenvalue weighted by Gasteiger charge is 2.26. The quantitative estimate of drug-likeness (QED) is 0.651. The average Bonchev–Trinajstić information content (AvgIpc) is 3.40. The minimum Gasteiger partial charge on any atom is -0.298 e. The van der Waals surface area contributed by atoms with Crippen LogP contribution in [0.2, 0.25) is 0 Å². The topological polar surface area (TPSA) is 54.5 Å². The number of nitrogens with zero attached hydrogens (tertiary/aromatic N) is 1. The second-order valence-electron chi connectivity index (χ2n) is 8.93. The molecule has 0 N–H and O–H groups in total. The Morgan fingerprint density at radius 1 is 1.10 bits per heavy atom. The Kier molecular flexibility index (Phi) is 6.26. The first kappa shape index (κ1) is 20.8. The number of likely N-dealkylation sites (tertiary alicyclic amines) is 1. The molecular weight excluding hydrogens is 382 g/mol. The summed E-state index contributed by atoms with van der Waals surface area (Å²) in [5.74, 6) is -0.538. The van der Waals surface area contributed by atoms with Crippen molar-refractivity contribution in [3.05, 3.63) is 45.4 Å². The van der Waals surface area contributed by atoms with Gasteiger partial charge in [-0.3, -0.25) is 9.69 Å². The van der Waals surface area contributed by atoms with Crippen LogP contribution in [0.3, 0.4) is 0 Å². The predicted octanol–water partition coefficient (Wildman–Crippen LogP) is 3.58. The molecule has 0 bridgehead atoms. The molecule has 1 heterocycles. The molecule has 0 spiro atoms. The summed E-state index contributed by atoms with van der Waals surface area (Å²) in [6, 6.07) is 2.54. The zero-order valence-electron chi connectivity index (χ0n) is 17.6. The van der Waals surface area contributed by atoms with Gasteiger partial charge in [0, 0.05) is 17.9 Å². The molecule has 4 nitrogen and oxygen atoms in total. The van der Waals surface area contributed by atoms with Crippen LogP contribution < -0.4 is 0 Å². The van der Waals surface area contributed by atoms with Crippen LogP contribution in [0.4, 0.5) is 0 Å². The van der Waals surface area contributed by atoms with E-state index in [1.165, 1.54) is 33.2 Å². The Bertz CT molecular complexity index is 884. The van der Waals surface area contributed by atoms with Crippen LogP contribution >= 0.6 is 0 Å². The number of carbonyl (C=O) groups is 1. The maximum Gasteiger partial charge on any atom is 0.178 e. The fraction of sp³-hybridized carbons (Fsp3) is 0.625. The Labute approximate surface area is 175 Å². The average molecular weight is 416 g/mol.